The number of halogens is 4. The van der Waals surface area contributed by atoms with Crippen molar-refractivity contribution in [3.05, 3.63) is 41.9 Å². The van der Waals surface area contributed by atoms with Crippen LogP contribution in [-0.4, -0.2) is 23.5 Å². The Labute approximate surface area is 169 Å². The molecule has 0 aliphatic carbocycles. The van der Waals surface area contributed by atoms with Gasteiger partial charge in [-0.2, -0.15) is 0 Å². The number of nitrogens with one attached hydrogen (secondary N) is 1. The Balaban J connectivity index is 0.00000338. The average Bonchev–Trinajstić information content (AvgIpc) is 3.00. The molecule has 0 saturated heterocycles. The third kappa shape index (κ3) is 7.82. The molecule has 0 fully saturated rings. The number of oxazole rings is 1. The zero-order chi connectivity index (χ0) is 18.4. The van der Waals surface area contributed by atoms with Gasteiger partial charge in [-0.05, 0) is 24.5 Å². The summed E-state index contributed by atoms with van der Waals surface area (Å²) >= 11 is 0. The van der Waals surface area contributed by atoms with Gasteiger partial charge in [0, 0.05) is 31.5 Å². The highest BCUT2D eigenvalue weighted by Gasteiger charge is 2.15. The van der Waals surface area contributed by atoms with Crippen LogP contribution in [-0.2, 0) is 11.2 Å². The van der Waals surface area contributed by atoms with Crippen LogP contribution in [0.15, 0.2) is 28.8 Å². The summed E-state index contributed by atoms with van der Waals surface area (Å²) in [6.45, 7) is 4.52. The summed E-state index contributed by atoms with van der Waals surface area (Å²) < 4.78 is 32.2. The van der Waals surface area contributed by atoms with Gasteiger partial charge < -0.3 is 15.5 Å². The lowest BCUT2D eigenvalue weighted by Gasteiger charge is -2.18. The van der Waals surface area contributed by atoms with E-state index in [1.165, 1.54) is 12.3 Å². The Morgan fingerprint density at radius 2 is 2.00 bits per heavy atom. The van der Waals surface area contributed by atoms with Gasteiger partial charge in [0.25, 0.3) is 0 Å². The second-order valence-electron chi connectivity index (χ2n) is 6.37. The average molecular weight is 424 g/mol. The number of amides is 1. The summed E-state index contributed by atoms with van der Waals surface area (Å²) in [6.07, 6.45) is 2.66. The van der Waals surface area contributed by atoms with E-state index >= 15 is 0 Å². The van der Waals surface area contributed by atoms with E-state index in [1.54, 1.807) is 0 Å². The molecular formula is C18H25Cl2F2N3O2. The normalized spacial score (nSPS) is 11.5. The van der Waals surface area contributed by atoms with Gasteiger partial charge in [0.2, 0.25) is 5.91 Å². The Morgan fingerprint density at radius 1 is 1.30 bits per heavy atom. The minimum absolute atomic E-state index is 0. The largest absolute Gasteiger partial charge is 0.441 e. The molecule has 1 heterocycles. The molecule has 0 radical (unpaired) electrons. The summed E-state index contributed by atoms with van der Waals surface area (Å²) in [7, 11) is 0. The van der Waals surface area contributed by atoms with E-state index in [2.05, 4.69) is 24.1 Å². The maximum Gasteiger partial charge on any atom is 0.220 e. The molecule has 0 aliphatic rings. The van der Waals surface area contributed by atoms with Crippen LogP contribution in [0.25, 0.3) is 11.3 Å². The lowest BCUT2D eigenvalue weighted by molar-refractivity contribution is -0.121. The summed E-state index contributed by atoms with van der Waals surface area (Å²) in [5.41, 5.74) is 5.79. The molecule has 3 N–H and O–H groups in total. The van der Waals surface area contributed by atoms with E-state index in [9.17, 15) is 13.6 Å². The van der Waals surface area contributed by atoms with Crippen LogP contribution in [0, 0.1) is 17.6 Å². The molecule has 0 spiro atoms. The van der Waals surface area contributed by atoms with Crippen molar-refractivity contribution in [3.8, 4) is 11.3 Å². The van der Waals surface area contributed by atoms with Crippen molar-refractivity contribution in [3.63, 3.8) is 0 Å². The lowest BCUT2D eigenvalue weighted by atomic mass is 10.0. The SMILES string of the molecule is CC(C)CC(CN)NC(=O)CCc1ncc(-c2ccc(F)cc2F)o1.Cl.Cl. The molecule has 9 heteroatoms. The first-order valence-corrected chi connectivity index (χ1v) is 8.28. The predicted octanol–water partition coefficient (Wildman–Crippen LogP) is 3.89. The zero-order valence-corrected chi connectivity index (χ0v) is 16.8. The van der Waals surface area contributed by atoms with Gasteiger partial charge in [0.1, 0.15) is 11.6 Å². The lowest BCUT2D eigenvalue weighted by Crippen LogP contribution is -2.41. The minimum Gasteiger partial charge on any atom is -0.441 e. The van der Waals surface area contributed by atoms with Crippen molar-refractivity contribution >= 4 is 30.7 Å². The van der Waals surface area contributed by atoms with Crippen molar-refractivity contribution in [1.29, 1.82) is 0 Å². The summed E-state index contributed by atoms with van der Waals surface area (Å²) in [6, 6.07) is 3.17. The number of carbonyl (C=O) groups is 1. The number of aryl methyl sites for hydroxylation is 1. The molecule has 1 unspecified atom stereocenters. The quantitative estimate of drug-likeness (QED) is 0.674. The third-order valence-corrected chi connectivity index (χ3v) is 3.72. The van der Waals surface area contributed by atoms with Crippen molar-refractivity contribution in [2.24, 2.45) is 11.7 Å². The molecule has 2 rings (SSSR count). The number of hydrogen-bond acceptors (Lipinski definition) is 4. The van der Waals surface area contributed by atoms with Gasteiger partial charge in [-0.15, -0.1) is 24.8 Å². The number of rotatable bonds is 8. The Bertz CT molecular complexity index is 726. The molecule has 152 valence electrons. The highest BCUT2D eigenvalue weighted by molar-refractivity contribution is 5.85. The smallest absolute Gasteiger partial charge is 0.220 e. The first kappa shape index (κ1) is 25.3. The standard InChI is InChI=1S/C18H23F2N3O2.2ClH/c1-11(2)7-13(9-21)23-17(24)5-6-18-22-10-16(25-18)14-4-3-12(19)8-15(14)20;;/h3-4,8,10-11,13H,5-7,9,21H2,1-2H3,(H,23,24);2*1H. The van der Waals surface area contributed by atoms with Gasteiger partial charge in [-0.1, -0.05) is 13.8 Å². The molecule has 1 aromatic carbocycles. The van der Waals surface area contributed by atoms with Crippen molar-refractivity contribution in [2.45, 2.75) is 39.2 Å². The fraction of sp³-hybridized carbons (Fsp3) is 0.444. The van der Waals surface area contributed by atoms with Crippen molar-refractivity contribution in [2.75, 3.05) is 6.54 Å². The number of aromatic nitrogens is 1. The van der Waals surface area contributed by atoms with Gasteiger partial charge in [-0.25, -0.2) is 13.8 Å². The van der Waals surface area contributed by atoms with Crippen LogP contribution in [0.1, 0.15) is 32.6 Å². The van der Waals surface area contributed by atoms with Crippen molar-refractivity contribution < 1.29 is 18.0 Å². The first-order valence-electron chi connectivity index (χ1n) is 8.28. The first-order chi connectivity index (χ1) is 11.9. The molecule has 0 aliphatic heterocycles. The number of nitrogens with two attached hydrogens (primary N) is 1. The summed E-state index contributed by atoms with van der Waals surface area (Å²) in [5.74, 6) is -0.555. The van der Waals surface area contributed by atoms with Crippen LogP contribution in [0.3, 0.4) is 0 Å². The second kappa shape index (κ2) is 11.9. The van der Waals surface area contributed by atoms with Crippen LogP contribution >= 0.6 is 24.8 Å². The molecule has 2 aromatic rings. The second-order valence-corrected chi connectivity index (χ2v) is 6.37. The molecule has 1 atom stereocenters. The molecule has 1 aromatic heterocycles. The Hall–Kier alpha value is -1.70. The zero-order valence-electron chi connectivity index (χ0n) is 15.2. The molecular weight excluding hydrogens is 399 g/mol. The van der Waals surface area contributed by atoms with E-state index < -0.39 is 11.6 Å². The fourth-order valence-corrected chi connectivity index (χ4v) is 2.54. The Morgan fingerprint density at radius 3 is 2.59 bits per heavy atom. The van der Waals surface area contributed by atoms with Gasteiger partial charge in [-0.3, -0.25) is 4.79 Å². The predicted molar refractivity (Wildman–Crippen MR) is 105 cm³/mol. The minimum atomic E-state index is -0.722. The number of nitrogens with zero attached hydrogens (tertiary/aromatic N) is 1. The van der Waals surface area contributed by atoms with Crippen molar-refractivity contribution in [1.82, 2.24) is 10.3 Å². The molecule has 0 saturated carbocycles. The number of hydrogen-bond donors (Lipinski definition) is 2. The topological polar surface area (TPSA) is 81.1 Å². The fourth-order valence-electron chi connectivity index (χ4n) is 2.54. The maximum absolute atomic E-state index is 13.7. The summed E-state index contributed by atoms with van der Waals surface area (Å²) in [4.78, 5) is 16.0. The van der Waals surface area contributed by atoms with Gasteiger partial charge >= 0.3 is 0 Å². The van der Waals surface area contributed by atoms with Gasteiger partial charge in [0.05, 0.1) is 11.8 Å². The van der Waals surface area contributed by atoms with E-state index in [1.807, 2.05) is 0 Å². The van der Waals surface area contributed by atoms with Crippen LogP contribution in [0.2, 0.25) is 0 Å². The van der Waals surface area contributed by atoms with E-state index in [4.69, 9.17) is 10.2 Å². The molecule has 27 heavy (non-hydrogen) atoms. The monoisotopic (exact) mass is 423 g/mol. The molecule has 5 nitrogen and oxygen atoms in total. The highest BCUT2D eigenvalue weighted by Crippen LogP contribution is 2.24. The number of benzene rings is 1. The van der Waals surface area contributed by atoms with E-state index in [0.29, 0.717) is 18.4 Å². The Kier molecular flexibility index (Phi) is 11.1. The third-order valence-electron chi connectivity index (χ3n) is 3.72. The highest BCUT2D eigenvalue weighted by atomic mass is 35.5. The molecule has 1 amide bonds. The number of carbonyl (C=O) groups excluding carboxylic acids is 1. The van der Waals surface area contributed by atoms with E-state index in [0.717, 1.165) is 18.6 Å². The van der Waals surface area contributed by atoms with Crippen LogP contribution < -0.4 is 11.1 Å². The van der Waals surface area contributed by atoms with Crippen LogP contribution in [0.4, 0.5) is 8.78 Å². The maximum atomic E-state index is 13.7. The van der Waals surface area contributed by atoms with Gasteiger partial charge in [0.15, 0.2) is 11.7 Å². The van der Waals surface area contributed by atoms with Crippen LogP contribution in [0.5, 0.6) is 0 Å². The summed E-state index contributed by atoms with van der Waals surface area (Å²) in [5, 5.41) is 2.89. The van der Waals surface area contributed by atoms with E-state index in [-0.39, 0.29) is 60.9 Å². The molecule has 0 bridgehead atoms.